The van der Waals surface area contributed by atoms with E-state index >= 15 is 0 Å². The SMILES string of the molecule is NCCC1=C[C@H](CCCCCC[C@H]2CC=CC[C@H](C(=O)O)Cc3cccc(c3)C[C@H]2c2ccc(O)cc2)CC1. The van der Waals surface area contributed by atoms with E-state index in [1.807, 2.05) is 12.1 Å². The highest BCUT2D eigenvalue weighted by atomic mass is 16.4. The standard InChI is InChI=1S/C35H47NO3/c36-21-20-27-15-14-26(22-27)8-3-1-2-4-11-30-12-5-6-13-32(35(38)39)24-28-9-7-10-29(23-28)25-34(30)31-16-18-33(37)19-17-31/h5-7,9-10,16-19,22-23,26,30,32,34,37H,1-4,8,11-15,20-21,24-25,36H2,(H,38,39)/t26-,30+,32+,34-/m1/s1. The van der Waals surface area contributed by atoms with E-state index in [9.17, 15) is 15.0 Å². The number of phenols is 1. The number of fused-ring (bicyclic) bond motifs is 2. The van der Waals surface area contributed by atoms with E-state index in [1.54, 1.807) is 5.57 Å². The van der Waals surface area contributed by atoms with Crippen molar-refractivity contribution in [1.82, 2.24) is 0 Å². The first kappa shape index (κ1) is 29.1. The zero-order valence-corrected chi connectivity index (χ0v) is 23.4. The summed E-state index contributed by atoms with van der Waals surface area (Å²) in [4.78, 5) is 11.9. The molecule has 0 spiro atoms. The van der Waals surface area contributed by atoms with Gasteiger partial charge < -0.3 is 15.9 Å². The molecule has 0 amide bonds. The monoisotopic (exact) mass is 529 g/mol. The molecule has 0 radical (unpaired) electrons. The van der Waals surface area contributed by atoms with Gasteiger partial charge in [0.2, 0.25) is 0 Å². The number of benzene rings is 2. The summed E-state index contributed by atoms with van der Waals surface area (Å²) in [6, 6.07) is 16.3. The van der Waals surface area contributed by atoms with Crippen molar-refractivity contribution < 1.29 is 15.0 Å². The van der Waals surface area contributed by atoms with Crippen LogP contribution in [0.15, 0.2) is 72.3 Å². The number of carboxylic acid groups (broad SMARTS) is 1. The molecule has 0 aliphatic heterocycles. The van der Waals surface area contributed by atoms with Gasteiger partial charge in [-0.15, -0.1) is 0 Å². The molecule has 4 rings (SSSR count). The first-order chi connectivity index (χ1) is 19.0. The first-order valence-electron chi connectivity index (χ1n) is 15.2. The number of rotatable bonds is 11. The maximum atomic E-state index is 11.9. The van der Waals surface area contributed by atoms with Crippen LogP contribution in [-0.4, -0.2) is 22.7 Å². The van der Waals surface area contributed by atoms with Crippen LogP contribution >= 0.6 is 0 Å². The second-order valence-corrected chi connectivity index (χ2v) is 11.8. The number of hydrogen-bond donors (Lipinski definition) is 3. The summed E-state index contributed by atoms with van der Waals surface area (Å²) in [6.07, 6.45) is 21.0. The molecule has 0 heterocycles. The van der Waals surface area contributed by atoms with Gasteiger partial charge in [0.05, 0.1) is 5.92 Å². The average molecular weight is 530 g/mol. The molecule has 2 aliphatic rings. The summed E-state index contributed by atoms with van der Waals surface area (Å²) in [6.45, 7) is 0.769. The highest BCUT2D eigenvalue weighted by Gasteiger charge is 2.24. The van der Waals surface area contributed by atoms with Gasteiger partial charge in [-0.3, -0.25) is 4.79 Å². The topological polar surface area (TPSA) is 83.6 Å². The summed E-state index contributed by atoms with van der Waals surface area (Å²) in [5.41, 5.74) is 10.9. The van der Waals surface area contributed by atoms with Crippen molar-refractivity contribution in [3.63, 3.8) is 0 Å². The smallest absolute Gasteiger partial charge is 0.307 e. The number of nitrogens with two attached hydrogens (primary N) is 1. The van der Waals surface area contributed by atoms with Crippen LogP contribution in [0, 0.1) is 17.8 Å². The zero-order valence-electron chi connectivity index (χ0n) is 23.4. The van der Waals surface area contributed by atoms with Gasteiger partial charge in [-0.1, -0.05) is 85.9 Å². The molecule has 4 nitrogen and oxygen atoms in total. The third kappa shape index (κ3) is 9.10. The first-order valence-corrected chi connectivity index (χ1v) is 15.2. The van der Waals surface area contributed by atoms with Gasteiger partial charge in [-0.05, 0) is 111 Å². The Balaban J connectivity index is 1.42. The number of carbonyl (C=O) groups is 1. The largest absolute Gasteiger partial charge is 0.508 e. The summed E-state index contributed by atoms with van der Waals surface area (Å²) in [5.74, 6) is 0.774. The fourth-order valence-electron chi connectivity index (χ4n) is 6.65. The van der Waals surface area contributed by atoms with Gasteiger partial charge in [0.1, 0.15) is 5.75 Å². The molecule has 0 aromatic heterocycles. The van der Waals surface area contributed by atoms with Crippen LogP contribution in [0.25, 0.3) is 0 Å². The van der Waals surface area contributed by atoms with Crippen LogP contribution in [0.4, 0.5) is 0 Å². The minimum atomic E-state index is -0.718. The van der Waals surface area contributed by atoms with Crippen LogP contribution in [0.5, 0.6) is 5.75 Å². The van der Waals surface area contributed by atoms with Crippen LogP contribution in [0.1, 0.15) is 93.2 Å². The van der Waals surface area contributed by atoms with E-state index in [0.717, 1.165) is 43.7 Å². The fourth-order valence-corrected chi connectivity index (χ4v) is 6.65. The number of allylic oxidation sites excluding steroid dienone is 3. The van der Waals surface area contributed by atoms with E-state index < -0.39 is 5.97 Å². The Morgan fingerprint density at radius 1 is 0.897 bits per heavy atom. The molecular formula is C35H47NO3. The van der Waals surface area contributed by atoms with E-state index in [-0.39, 0.29) is 5.92 Å². The van der Waals surface area contributed by atoms with Gasteiger partial charge in [-0.2, -0.15) is 0 Å². The summed E-state index contributed by atoms with van der Waals surface area (Å²) in [5, 5.41) is 19.7. The van der Waals surface area contributed by atoms with Gasteiger partial charge in [-0.25, -0.2) is 0 Å². The Morgan fingerprint density at radius 3 is 2.36 bits per heavy atom. The second-order valence-electron chi connectivity index (χ2n) is 11.8. The molecule has 2 aromatic carbocycles. The Labute approximate surface area is 235 Å². The lowest BCUT2D eigenvalue weighted by Crippen LogP contribution is -2.18. The molecule has 2 bridgehead atoms. The minimum absolute atomic E-state index is 0.303. The minimum Gasteiger partial charge on any atom is -0.508 e. The highest BCUT2D eigenvalue weighted by Crippen LogP contribution is 2.37. The van der Waals surface area contributed by atoms with Gasteiger partial charge in [0.25, 0.3) is 0 Å². The van der Waals surface area contributed by atoms with Crippen LogP contribution in [0.3, 0.4) is 0 Å². The summed E-state index contributed by atoms with van der Waals surface area (Å²) >= 11 is 0. The van der Waals surface area contributed by atoms with Crippen molar-refractivity contribution >= 4 is 5.97 Å². The molecule has 2 aliphatic carbocycles. The zero-order chi connectivity index (χ0) is 27.5. The third-order valence-corrected chi connectivity index (χ3v) is 8.87. The van der Waals surface area contributed by atoms with E-state index in [0.29, 0.717) is 30.4 Å². The van der Waals surface area contributed by atoms with Gasteiger partial charge in [0.15, 0.2) is 0 Å². The summed E-state index contributed by atoms with van der Waals surface area (Å²) in [7, 11) is 0. The molecule has 0 unspecified atom stereocenters. The van der Waals surface area contributed by atoms with E-state index in [4.69, 9.17) is 5.73 Å². The molecule has 39 heavy (non-hydrogen) atoms. The average Bonchev–Trinajstić information content (AvgIpc) is 3.37. The lowest BCUT2D eigenvalue weighted by molar-refractivity contribution is -0.141. The molecule has 0 saturated carbocycles. The molecule has 2 aromatic rings. The number of aromatic hydroxyl groups is 1. The molecule has 0 fully saturated rings. The van der Waals surface area contributed by atoms with Crippen molar-refractivity contribution in [3.8, 4) is 5.75 Å². The molecule has 4 N–H and O–H groups in total. The third-order valence-electron chi connectivity index (χ3n) is 8.87. The second kappa shape index (κ2) is 15.1. The lowest BCUT2D eigenvalue weighted by atomic mass is 9.76. The van der Waals surface area contributed by atoms with Crippen LogP contribution in [0.2, 0.25) is 0 Å². The van der Waals surface area contributed by atoms with Crippen molar-refractivity contribution in [2.24, 2.45) is 23.5 Å². The molecule has 0 saturated heterocycles. The Kier molecular flexibility index (Phi) is 11.3. The lowest BCUT2D eigenvalue weighted by Gasteiger charge is -2.28. The summed E-state index contributed by atoms with van der Waals surface area (Å²) < 4.78 is 0. The quantitative estimate of drug-likeness (QED) is 0.204. The Bertz CT molecular complexity index is 1100. The Morgan fingerprint density at radius 2 is 1.62 bits per heavy atom. The maximum Gasteiger partial charge on any atom is 0.307 e. The van der Waals surface area contributed by atoms with Gasteiger partial charge >= 0.3 is 5.97 Å². The van der Waals surface area contributed by atoms with Crippen LogP contribution in [-0.2, 0) is 17.6 Å². The number of hydrogen-bond acceptors (Lipinski definition) is 3. The molecular weight excluding hydrogens is 482 g/mol. The number of phenolic OH excluding ortho intramolecular Hbond substituents is 1. The molecule has 4 atom stereocenters. The Hall–Kier alpha value is -2.85. The maximum absolute atomic E-state index is 11.9. The van der Waals surface area contributed by atoms with E-state index in [1.165, 1.54) is 56.1 Å². The number of aliphatic carboxylic acids is 1. The number of carboxylic acids is 1. The predicted octanol–water partition coefficient (Wildman–Crippen LogP) is 7.95. The highest BCUT2D eigenvalue weighted by molar-refractivity contribution is 5.70. The number of unbranched alkanes of at least 4 members (excludes halogenated alkanes) is 3. The van der Waals surface area contributed by atoms with Gasteiger partial charge in [0, 0.05) is 0 Å². The van der Waals surface area contributed by atoms with Crippen LogP contribution < -0.4 is 5.73 Å². The van der Waals surface area contributed by atoms with Crippen molar-refractivity contribution in [2.45, 2.75) is 89.4 Å². The normalized spacial score (nSPS) is 23.6. The van der Waals surface area contributed by atoms with E-state index in [2.05, 4.69) is 54.6 Å². The fraction of sp³-hybridized carbons (Fsp3) is 0.514. The molecule has 4 heteroatoms. The predicted molar refractivity (Wildman–Crippen MR) is 160 cm³/mol. The van der Waals surface area contributed by atoms with Crippen molar-refractivity contribution in [1.29, 1.82) is 0 Å². The molecule has 210 valence electrons. The van der Waals surface area contributed by atoms with Crippen molar-refractivity contribution in [3.05, 3.63) is 89.0 Å². The van der Waals surface area contributed by atoms with Crippen molar-refractivity contribution in [2.75, 3.05) is 6.54 Å².